The summed E-state index contributed by atoms with van der Waals surface area (Å²) in [6.07, 6.45) is 0.734. The maximum atomic E-state index is 12.7. The smallest absolute Gasteiger partial charge is 0.161 e. The van der Waals surface area contributed by atoms with Gasteiger partial charge in [0.1, 0.15) is 11.6 Å². The summed E-state index contributed by atoms with van der Waals surface area (Å²) in [5.41, 5.74) is 0. The molecule has 0 aliphatic heterocycles. The van der Waals surface area contributed by atoms with Gasteiger partial charge in [0.2, 0.25) is 0 Å². The standard InChI is InChI=1S/C17H19FO3/c1-2-19-16-6-3-4-7-17(16)21-13-5-12-20-15-10-8-14(18)9-11-15/h3-4,6-11H,2,5,12-13H2,1H3. The molecule has 0 aromatic heterocycles. The zero-order valence-electron chi connectivity index (χ0n) is 12.0. The monoisotopic (exact) mass is 290 g/mol. The van der Waals surface area contributed by atoms with Crippen molar-refractivity contribution in [2.24, 2.45) is 0 Å². The predicted molar refractivity (Wildman–Crippen MR) is 79.6 cm³/mol. The highest BCUT2D eigenvalue weighted by atomic mass is 19.1. The molecule has 0 spiro atoms. The van der Waals surface area contributed by atoms with Crippen LogP contribution in [0.2, 0.25) is 0 Å². The molecular weight excluding hydrogens is 271 g/mol. The molecular formula is C17H19FO3. The average molecular weight is 290 g/mol. The minimum atomic E-state index is -0.266. The molecule has 2 aromatic carbocycles. The summed E-state index contributed by atoms with van der Waals surface area (Å²) in [5.74, 6) is 1.88. The molecule has 2 aromatic rings. The number of ether oxygens (including phenoxy) is 3. The van der Waals surface area contributed by atoms with Crippen molar-refractivity contribution in [2.75, 3.05) is 19.8 Å². The van der Waals surface area contributed by atoms with Crippen LogP contribution < -0.4 is 14.2 Å². The third kappa shape index (κ3) is 4.99. The summed E-state index contributed by atoms with van der Waals surface area (Å²) in [7, 11) is 0. The van der Waals surface area contributed by atoms with Crippen LogP contribution in [0, 0.1) is 5.82 Å². The van der Waals surface area contributed by atoms with Gasteiger partial charge in [-0.15, -0.1) is 0 Å². The second kappa shape index (κ2) is 8.15. The van der Waals surface area contributed by atoms with Crippen molar-refractivity contribution >= 4 is 0 Å². The minimum Gasteiger partial charge on any atom is -0.493 e. The van der Waals surface area contributed by atoms with Crippen LogP contribution in [-0.4, -0.2) is 19.8 Å². The van der Waals surface area contributed by atoms with Gasteiger partial charge in [0.15, 0.2) is 11.5 Å². The van der Waals surface area contributed by atoms with Gasteiger partial charge >= 0.3 is 0 Å². The summed E-state index contributed by atoms with van der Waals surface area (Å²) in [4.78, 5) is 0. The first-order chi connectivity index (χ1) is 10.3. The van der Waals surface area contributed by atoms with E-state index in [0.29, 0.717) is 25.6 Å². The van der Waals surface area contributed by atoms with Gasteiger partial charge in [-0.25, -0.2) is 4.39 Å². The topological polar surface area (TPSA) is 27.7 Å². The van der Waals surface area contributed by atoms with Gasteiger partial charge in [0.25, 0.3) is 0 Å². The van der Waals surface area contributed by atoms with Gasteiger partial charge in [-0.1, -0.05) is 12.1 Å². The number of halogens is 1. The van der Waals surface area contributed by atoms with Crippen LogP contribution in [-0.2, 0) is 0 Å². The van der Waals surface area contributed by atoms with Crippen LogP contribution in [0.3, 0.4) is 0 Å². The van der Waals surface area contributed by atoms with E-state index in [0.717, 1.165) is 17.9 Å². The molecule has 0 radical (unpaired) electrons. The molecule has 0 saturated heterocycles. The van der Waals surface area contributed by atoms with Crippen LogP contribution in [0.25, 0.3) is 0 Å². The molecule has 0 atom stereocenters. The van der Waals surface area contributed by atoms with Gasteiger partial charge < -0.3 is 14.2 Å². The van der Waals surface area contributed by atoms with E-state index in [1.807, 2.05) is 31.2 Å². The van der Waals surface area contributed by atoms with E-state index in [4.69, 9.17) is 14.2 Å². The first-order valence-corrected chi connectivity index (χ1v) is 7.02. The largest absolute Gasteiger partial charge is 0.493 e. The molecule has 0 aliphatic carbocycles. The highest BCUT2D eigenvalue weighted by molar-refractivity contribution is 5.39. The Balaban J connectivity index is 1.71. The average Bonchev–Trinajstić information content (AvgIpc) is 2.51. The molecule has 112 valence electrons. The van der Waals surface area contributed by atoms with Crippen LogP contribution in [0.5, 0.6) is 17.2 Å². The quantitative estimate of drug-likeness (QED) is 0.686. The van der Waals surface area contributed by atoms with E-state index in [1.165, 1.54) is 12.1 Å². The Morgan fingerprint density at radius 3 is 2.10 bits per heavy atom. The molecule has 2 rings (SSSR count). The molecule has 0 bridgehead atoms. The Morgan fingerprint density at radius 1 is 0.810 bits per heavy atom. The fourth-order valence-electron chi connectivity index (χ4n) is 1.81. The Hall–Kier alpha value is -2.23. The SMILES string of the molecule is CCOc1ccccc1OCCCOc1ccc(F)cc1. The Kier molecular flexibility index (Phi) is 5.88. The van der Waals surface area contributed by atoms with E-state index in [-0.39, 0.29) is 5.82 Å². The van der Waals surface area contributed by atoms with Gasteiger partial charge in [0, 0.05) is 6.42 Å². The molecule has 0 unspecified atom stereocenters. The van der Waals surface area contributed by atoms with E-state index >= 15 is 0 Å². The number of para-hydroxylation sites is 2. The lowest BCUT2D eigenvalue weighted by atomic mass is 10.3. The number of benzene rings is 2. The number of hydrogen-bond acceptors (Lipinski definition) is 3. The third-order valence-corrected chi connectivity index (χ3v) is 2.78. The van der Waals surface area contributed by atoms with Crippen LogP contribution in [0.4, 0.5) is 4.39 Å². The van der Waals surface area contributed by atoms with Crippen LogP contribution >= 0.6 is 0 Å². The second-order valence-electron chi connectivity index (χ2n) is 4.38. The molecule has 0 amide bonds. The maximum absolute atomic E-state index is 12.7. The number of rotatable bonds is 8. The van der Waals surface area contributed by atoms with Gasteiger partial charge in [-0.05, 0) is 43.3 Å². The maximum Gasteiger partial charge on any atom is 0.161 e. The minimum absolute atomic E-state index is 0.266. The van der Waals surface area contributed by atoms with Crippen molar-refractivity contribution < 1.29 is 18.6 Å². The zero-order valence-corrected chi connectivity index (χ0v) is 12.0. The Morgan fingerprint density at radius 2 is 1.43 bits per heavy atom. The van der Waals surface area contributed by atoms with Crippen LogP contribution in [0.1, 0.15) is 13.3 Å². The lowest BCUT2D eigenvalue weighted by Gasteiger charge is -2.11. The molecule has 0 fully saturated rings. The van der Waals surface area contributed by atoms with Gasteiger partial charge in [-0.3, -0.25) is 0 Å². The molecule has 0 aliphatic rings. The zero-order chi connectivity index (χ0) is 14.9. The lowest BCUT2D eigenvalue weighted by Crippen LogP contribution is -2.06. The fraction of sp³-hybridized carbons (Fsp3) is 0.294. The van der Waals surface area contributed by atoms with Crippen molar-refractivity contribution in [3.05, 3.63) is 54.3 Å². The lowest BCUT2D eigenvalue weighted by molar-refractivity contribution is 0.236. The Labute approximate surface area is 124 Å². The highest BCUT2D eigenvalue weighted by Crippen LogP contribution is 2.26. The van der Waals surface area contributed by atoms with Gasteiger partial charge in [-0.2, -0.15) is 0 Å². The third-order valence-electron chi connectivity index (χ3n) is 2.78. The summed E-state index contributed by atoms with van der Waals surface area (Å²) >= 11 is 0. The van der Waals surface area contributed by atoms with Crippen molar-refractivity contribution in [3.63, 3.8) is 0 Å². The first-order valence-electron chi connectivity index (χ1n) is 7.02. The number of hydrogen-bond donors (Lipinski definition) is 0. The summed E-state index contributed by atoms with van der Waals surface area (Å²) in [6, 6.07) is 13.6. The van der Waals surface area contributed by atoms with E-state index in [9.17, 15) is 4.39 Å². The molecule has 3 nitrogen and oxygen atoms in total. The van der Waals surface area contributed by atoms with E-state index in [1.54, 1.807) is 12.1 Å². The molecule has 0 heterocycles. The van der Waals surface area contributed by atoms with E-state index in [2.05, 4.69) is 0 Å². The fourth-order valence-corrected chi connectivity index (χ4v) is 1.81. The summed E-state index contributed by atoms with van der Waals surface area (Å²) < 4.78 is 29.4. The normalized spacial score (nSPS) is 10.2. The Bertz CT molecular complexity index is 540. The molecule has 0 N–H and O–H groups in total. The van der Waals surface area contributed by atoms with Crippen molar-refractivity contribution in [1.82, 2.24) is 0 Å². The van der Waals surface area contributed by atoms with Crippen molar-refractivity contribution in [3.8, 4) is 17.2 Å². The molecule has 0 saturated carbocycles. The van der Waals surface area contributed by atoms with Gasteiger partial charge in [0.05, 0.1) is 19.8 Å². The molecule has 21 heavy (non-hydrogen) atoms. The summed E-state index contributed by atoms with van der Waals surface area (Å²) in [6.45, 7) is 3.59. The van der Waals surface area contributed by atoms with E-state index < -0.39 is 0 Å². The first kappa shape index (κ1) is 15.2. The van der Waals surface area contributed by atoms with Crippen molar-refractivity contribution in [2.45, 2.75) is 13.3 Å². The van der Waals surface area contributed by atoms with Crippen molar-refractivity contribution in [1.29, 1.82) is 0 Å². The predicted octanol–water partition coefficient (Wildman–Crippen LogP) is 4.07. The highest BCUT2D eigenvalue weighted by Gasteiger charge is 2.03. The summed E-state index contributed by atoms with van der Waals surface area (Å²) in [5, 5.41) is 0. The second-order valence-corrected chi connectivity index (χ2v) is 4.38. The van der Waals surface area contributed by atoms with Crippen LogP contribution in [0.15, 0.2) is 48.5 Å². The molecule has 4 heteroatoms.